The first kappa shape index (κ1) is 14.6. The highest BCUT2D eigenvalue weighted by atomic mass is 16.6. The highest BCUT2D eigenvalue weighted by Crippen LogP contribution is 2.36. The predicted octanol–water partition coefficient (Wildman–Crippen LogP) is 2.52. The lowest BCUT2D eigenvalue weighted by Crippen LogP contribution is -2.42. The van der Waals surface area contributed by atoms with Crippen molar-refractivity contribution in [2.45, 2.75) is 31.6 Å². The third-order valence-corrected chi connectivity index (χ3v) is 4.24. The lowest BCUT2D eigenvalue weighted by atomic mass is 9.96. The van der Waals surface area contributed by atoms with Crippen LogP contribution in [0, 0.1) is 5.92 Å². The number of hydrogen-bond acceptors (Lipinski definition) is 4. The van der Waals surface area contributed by atoms with Crippen LogP contribution in [0.4, 0.5) is 4.79 Å². The average Bonchev–Trinajstić information content (AvgIpc) is 3.06. The molecule has 2 heterocycles. The van der Waals surface area contributed by atoms with Crippen LogP contribution in [0.15, 0.2) is 43.0 Å². The Labute approximate surface area is 129 Å². The number of fused-ring (bicyclic) bond motifs is 1. The fourth-order valence-corrected chi connectivity index (χ4v) is 3.20. The molecule has 1 amide bonds. The Balaban J connectivity index is 1.65. The second kappa shape index (κ2) is 6.22. The summed E-state index contributed by atoms with van der Waals surface area (Å²) in [4.78, 5) is 25.8. The number of allylic oxidation sites excluding steroid dienone is 1. The monoisotopic (exact) mass is 301 g/mol. The van der Waals surface area contributed by atoms with Gasteiger partial charge in [0, 0.05) is 13.0 Å². The first-order valence-electron chi connectivity index (χ1n) is 7.49. The summed E-state index contributed by atoms with van der Waals surface area (Å²) in [7, 11) is 0. The van der Waals surface area contributed by atoms with Crippen molar-refractivity contribution >= 4 is 12.1 Å². The Bertz CT molecular complexity index is 571. The van der Waals surface area contributed by atoms with Crippen molar-refractivity contribution in [2.24, 2.45) is 5.92 Å². The molecule has 3 rings (SSSR count). The van der Waals surface area contributed by atoms with Gasteiger partial charge in [0.2, 0.25) is 0 Å². The number of nitrogens with zero attached hydrogens (tertiary/aromatic N) is 1. The molecule has 2 aliphatic heterocycles. The maximum atomic E-state index is 12.3. The van der Waals surface area contributed by atoms with E-state index in [-0.39, 0.29) is 36.7 Å². The van der Waals surface area contributed by atoms with Gasteiger partial charge >= 0.3 is 12.1 Å². The maximum Gasteiger partial charge on any atom is 0.410 e. The van der Waals surface area contributed by atoms with Gasteiger partial charge in [-0.25, -0.2) is 4.79 Å². The number of benzene rings is 1. The number of carbonyl (C=O) groups excluding carboxylic acids is 2. The highest BCUT2D eigenvalue weighted by Gasteiger charge is 2.52. The predicted molar refractivity (Wildman–Crippen MR) is 79.9 cm³/mol. The topological polar surface area (TPSA) is 55.8 Å². The van der Waals surface area contributed by atoms with Gasteiger partial charge in [-0.2, -0.15) is 0 Å². The molecule has 0 bridgehead atoms. The summed E-state index contributed by atoms with van der Waals surface area (Å²) < 4.78 is 10.7. The van der Waals surface area contributed by atoms with Crippen LogP contribution < -0.4 is 0 Å². The van der Waals surface area contributed by atoms with Crippen molar-refractivity contribution in [1.82, 2.24) is 4.90 Å². The Hall–Kier alpha value is -2.30. The molecule has 2 aliphatic rings. The van der Waals surface area contributed by atoms with Crippen LogP contribution >= 0.6 is 0 Å². The van der Waals surface area contributed by atoms with Crippen molar-refractivity contribution in [1.29, 1.82) is 0 Å². The average molecular weight is 301 g/mol. The summed E-state index contributed by atoms with van der Waals surface area (Å²) in [5.74, 6) is -0.565. The number of likely N-dealkylation sites (tertiary alicyclic amines) is 1. The fourth-order valence-electron chi connectivity index (χ4n) is 3.20. The number of hydrogen-bond donors (Lipinski definition) is 0. The molecule has 0 radical (unpaired) electrons. The van der Waals surface area contributed by atoms with Gasteiger partial charge in [0.15, 0.2) is 0 Å². The normalized spacial score (nSPS) is 26.5. The van der Waals surface area contributed by atoms with Crippen molar-refractivity contribution in [2.75, 3.05) is 6.54 Å². The van der Waals surface area contributed by atoms with Crippen LogP contribution in [0.25, 0.3) is 0 Å². The van der Waals surface area contributed by atoms with E-state index in [2.05, 4.69) is 6.58 Å². The molecule has 5 heteroatoms. The Morgan fingerprint density at radius 1 is 1.41 bits per heavy atom. The number of ether oxygens (including phenoxy) is 2. The second-order valence-electron chi connectivity index (χ2n) is 5.62. The standard InChI is InChI=1S/C17H19NO4/c1-2-6-13-15-14(22-16(13)19)9-10-18(15)17(20)21-11-12-7-4-3-5-8-12/h2-5,7-8,13-15H,1,6,9-11H2/t13-,14-,15+/m0/s1. The molecule has 0 aliphatic carbocycles. The number of amides is 1. The van der Waals surface area contributed by atoms with Gasteiger partial charge in [0.25, 0.3) is 0 Å². The molecule has 0 aromatic heterocycles. The molecule has 2 fully saturated rings. The molecule has 0 unspecified atom stereocenters. The number of carbonyl (C=O) groups is 2. The summed E-state index contributed by atoms with van der Waals surface area (Å²) in [5, 5.41) is 0. The minimum atomic E-state index is -0.385. The minimum Gasteiger partial charge on any atom is -0.460 e. The quantitative estimate of drug-likeness (QED) is 0.633. The van der Waals surface area contributed by atoms with Crippen LogP contribution in [0.5, 0.6) is 0 Å². The van der Waals surface area contributed by atoms with Gasteiger partial charge in [-0.15, -0.1) is 6.58 Å². The molecule has 1 aromatic carbocycles. The van der Waals surface area contributed by atoms with E-state index in [9.17, 15) is 9.59 Å². The first-order chi connectivity index (χ1) is 10.7. The van der Waals surface area contributed by atoms with Crippen LogP contribution in [-0.4, -0.2) is 35.7 Å². The molecular weight excluding hydrogens is 282 g/mol. The van der Waals surface area contributed by atoms with Gasteiger partial charge in [-0.3, -0.25) is 4.79 Å². The van der Waals surface area contributed by atoms with Gasteiger partial charge < -0.3 is 14.4 Å². The molecule has 116 valence electrons. The molecule has 5 nitrogen and oxygen atoms in total. The zero-order valence-electron chi connectivity index (χ0n) is 12.3. The highest BCUT2D eigenvalue weighted by molar-refractivity contribution is 5.79. The van der Waals surface area contributed by atoms with Crippen molar-refractivity contribution in [3.8, 4) is 0 Å². The van der Waals surface area contributed by atoms with E-state index in [1.54, 1.807) is 11.0 Å². The summed E-state index contributed by atoms with van der Waals surface area (Å²) in [6, 6.07) is 9.30. The fraction of sp³-hybridized carbons (Fsp3) is 0.412. The minimum absolute atomic E-state index is 0.207. The third-order valence-electron chi connectivity index (χ3n) is 4.24. The summed E-state index contributed by atoms with van der Waals surface area (Å²) in [6.07, 6.45) is 2.29. The van der Waals surface area contributed by atoms with Crippen LogP contribution in [-0.2, 0) is 20.9 Å². The van der Waals surface area contributed by atoms with Gasteiger partial charge in [0.05, 0.1) is 12.0 Å². The Morgan fingerprint density at radius 2 is 2.18 bits per heavy atom. The van der Waals surface area contributed by atoms with E-state index in [0.29, 0.717) is 19.4 Å². The zero-order chi connectivity index (χ0) is 15.5. The Kier molecular flexibility index (Phi) is 4.13. The SMILES string of the molecule is C=CC[C@@H]1C(=O)O[C@H]2CCN(C(=O)OCc3ccccc3)[C@@H]21. The number of rotatable bonds is 4. The lowest BCUT2D eigenvalue weighted by Gasteiger charge is -2.25. The van der Waals surface area contributed by atoms with Gasteiger partial charge in [-0.1, -0.05) is 36.4 Å². The van der Waals surface area contributed by atoms with Crippen LogP contribution in [0.3, 0.4) is 0 Å². The first-order valence-corrected chi connectivity index (χ1v) is 7.49. The molecule has 0 saturated carbocycles. The molecule has 22 heavy (non-hydrogen) atoms. The van der Waals surface area contributed by atoms with Crippen molar-refractivity contribution in [3.63, 3.8) is 0 Å². The van der Waals surface area contributed by atoms with E-state index in [1.165, 1.54) is 0 Å². The zero-order valence-corrected chi connectivity index (χ0v) is 12.3. The number of esters is 1. The largest absolute Gasteiger partial charge is 0.460 e. The molecular formula is C17H19NO4. The van der Waals surface area contributed by atoms with E-state index in [4.69, 9.17) is 9.47 Å². The molecule has 1 aromatic rings. The summed E-state index contributed by atoms with van der Waals surface area (Å²) >= 11 is 0. The summed E-state index contributed by atoms with van der Waals surface area (Å²) in [5.41, 5.74) is 0.938. The van der Waals surface area contributed by atoms with Gasteiger partial charge in [0.1, 0.15) is 12.7 Å². The Morgan fingerprint density at radius 3 is 2.91 bits per heavy atom. The molecule has 0 spiro atoms. The molecule has 3 atom stereocenters. The molecule has 0 N–H and O–H groups in total. The molecule has 2 saturated heterocycles. The van der Waals surface area contributed by atoms with Crippen LogP contribution in [0.1, 0.15) is 18.4 Å². The smallest absolute Gasteiger partial charge is 0.410 e. The van der Waals surface area contributed by atoms with Crippen molar-refractivity contribution in [3.05, 3.63) is 48.6 Å². The van der Waals surface area contributed by atoms with E-state index >= 15 is 0 Å². The summed E-state index contributed by atoms with van der Waals surface area (Å²) in [6.45, 7) is 4.47. The van der Waals surface area contributed by atoms with E-state index < -0.39 is 0 Å². The van der Waals surface area contributed by atoms with E-state index in [1.807, 2.05) is 30.3 Å². The van der Waals surface area contributed by atoms with Gasteiger partial charge in [-0.05, 0) is 12.0 Å². The van der Waals surface area contributed by atoms with E-state index in [0.717, 1.165) is 5.56 Å². The lowest BCUT2D eigenvalue weighted by molar-refractivity contribution is -0.144. The third kappa shape index (κ3) is 2.71. The maximum absolute atomic E-state index is 12.3. The second-order valence-corrected chi connectivity index (χ2v) is 5.62. The van der Waals surface area contributed by atoms with Crippen molar-refractivity contribution < 1.29 is 19.1 Å². The van der Waals surface area contributed by atoms with Crippen LogP contribution in [0.2, 0.25) is 0 Å².